The quantitative estimate of drug-likeness (QED) is 0.0120. The van der Waals surface area contributed by atoms with Crippen molar-refractivity contribution in [1.82, 2.24) is 41.5 Å². The molecule has 1 aromatic heterocycles. The van der Waals surface area contributed by atoms with E-state index in [4.69, 9.17) is 22.9 Å². The number of primary amides is 2. The van der Waals surface area contributed by atoms with Crippen molar-refractivity contribution in [3.8, 4) is 11.5 Å². The van der Waals surface area contributed by atoms with Crippen molar-refractivity contribution in [2.24, 2.45) is 58.4 Å². The van der Waals surface area contributed by atoms with E-state index in [-0.39, 0.29) is 105 Å². The fourth-order valence-electron chi connectivity index (χ4n) is 11.4. The number of rotatable bonds is 45. The van der Waals surface area contributed by atoms with E-state index >= 15 is 0 Å². The van der Waals surface area contributed by atoms with Crippen LogP contribution in [0.2, 0.25) is 0 Å². The van der Waals surface area contributed by atoms with E-state index in [1.807, 2.05) is 13.8 Å². The predicted molar refractivity (Wildman–Crippen MR) is 356 cm³/mol. The Morgan fingerprint density at radius 3 is 1.68 bits per heavy atom. The lowest BCUT2D eigenvalue weighted by molar-refractivity contribution is -0.459. The van der Waals surface area contributed by atoms with Crippen molar-refractivity contribution in [3.63, 3.8) is 0 Å². The molecule has 32 heteroatoms. The minimum Gasteiger partial charge on any atom is -0.508 e. The number of aromatic hydroxyl groups is 2. The van der Waals surface area contributed by atoms with Gasteiger partial charge in [0.1, 0.15) is 29.4 Å². The van der Waals surface area contributed by atoms with Gasteiger partial charge in [-0.1, -0.05) is 52.0 Å². The number of aliphatic carboxylic acids is 1. The van der Waals surface area contributed by atoms with Gasteiger partial charge in [0.25, 0.3) is 0 Å². The highest BCUT2D eigenvalue weighted by atomic mass is 32.1. The second-order valence-corrected chi connectivity index (χ2v) is 25.7. The first-order chi connectivity index (χ1) is 46.3. The predicted octanol–water partition coefficient (Wildman–Crippen LogP) is -2.49. The van der Waals surface area contributed by atoms with Crippen LogP contribution in [0, 0.1) is 35.5 Å². The summed E-state index contributed by atoms with van der Waals surface area (Å²) in [4.78, 5) is 200. The summed E-state index contributed by atoms with van der Waals surface area (Å²) in [5.41, 5.74) is 23.4. The number of ketones is 5. The number of nitrogens with zero attached hydrogens (tertiary/aromatic N) is 2. The molecule has 4 rings (SSSR count). The van der Waals surface area contributed by atoms with Crippen molar-refractivity contribution in [3.05, 3.63) is 77.9 Å². The second kappa shape index (κ2) is 40.2. The van der Waals surface area contributed by atoms with Gasteiger partial charge in [-0.15, -0.1) is 0 Å². The molecule has 0 radical (unpaired) electrons. The summed E-state index contributed by atoms with van der Waals surface area (Å²) in [5, 5.41) is 51.7. The fraction of sp³-hybridized carbons (Fsp3) is 0.545. The third-order valence-corrected chi connectivity index (χ3v) is 17.1. The number of nitrogens with two attached hydrogens (primary N) is 4. The Morgan fingerprint density at radius 2 is 1.16 bits per heavy atom. The summed E-state index contributed by atoms with van der Waals surface area (Å²) in [7, 11) is 0. The van der Waals surface area contributed by atoms with Gasteiger partial charge in [0.2, 0.25) is 47.3 Å². The molecule has 536 valence electrons. The summed E-state index contributed by atoms with van der Waals surface area (Å²) in [6.45, 7) is 6.42. The zero-order valence-corrected chi connectivity index (χ0v) is 56.4. The maximum absolute atomic E-state index is 14.6. The van der Waals surface area contributed by atoms with E-state index in [1.54, 1.807) is 19.1 Å². The number of aromatic amines is 1. The van der Waals surface area contributed by atoms with Gasteiger partial charge in [0, 0.05) is 92.8 Å². The van der Waals surface area contributed by atoms with E-state index < -0.39 is 188 Å². The number of hydrogen-bond donors (Lipinski definition) is 16. The molecule has 1 aliphatic rings. The average Bonchev–Trinajstić information content (AvgIpc) is 1.59. The highest BCUT2D eigenvalue weighted by Crippen LogP contribution is 2.27. The summed E-state index contributed by atoms with van der Waals surface area (Å²) in [6, 6.07) is 3.16. The van der Waals surface area contributed by atoms with Gasteiger partial charge in [-0.2, -0.15) is 12.6 Å². The molecule has 3 aromatic rings. The molecule has 0 saturated carbocycles. The van der Waals surface area contributed by atoms with Crippen molar-refractivity contribution < 1.29 is 92.5 Å². The summed E-state index contributed by atoms with van der Waals surface area (Å²) >= 11 is 4.29. The molecule has 11 atom stereocenters. The number of imidazole rings is 1. The number of Topliss-reactive ketones (excluding diaryl/α,β-unsaturated/α-hetero) is 5. The summed E-state index contributed by atoms with van der Waals surface area (Å²) in [5.74, 6) is -17.1. The number of aromatic nitrogens is 2. The van der Waals surface area contributed by atoms with Crippen molar-refractivity contribution in [2.75, 3.05) is 25.4 Å². The number of carboxylic acid groups (broad SMARTS) is 1. The molecule has 19 N–H and O–H groups in total. The van der Waals surface area contributed by atoms with Crippen molar-refractivity contribution >= 4 is 101 Å². The maximum Gasteiger partial charge on any atom is 0.338 e. The summed E-state index contributed by atoms with van der Waals surface area (Å²) in [6.07, 6.45) is -1.35. The monoisotopic (exact) mass is 1390 g/mol. The molecule has 0 bridgehead atoms. The Balaban J connectivity index is 1.46. The van der Waals surface area contributed by atoms with Crippen LogP contribution in [0.5, 0.6) is 11.5 Å². The lowest BCUT2D eigenvalue weighted by Crippen LogP contribution is -2.78. The van der Waals surface area contributed by atoms with Gasteiger partial charge in [-0.25, -0.2) is 4.98 Å². The van der Waals surface area contributed by atoms with Crippen LogP contribution in [-0.4, -0.2) is 185 Å². The fourth-order valence-corrected chi connectivity index (χ4v) is 11.7. The van der Waals surface area contributed by atoms with Crippen LogP contribution in [0.1, 0.15) is 128 Å². The number of nitrogens with one attached hydrogen (secondary N) is 7. The van der Waals surface area contributed by atoms with E-state index in [0.717, 1.165) is 0 Å². The smallest absolute Gasteiger partial charge is 0.338 e. The van der Waals surface area contributed by atoms with Crippen LogP contribution < -0.4 is 54.5 Å². The molecule has 0 unspecified atom stereocenters. The number of likely N-dealkylation sites (tertiary alicyclic amines) is 1. The number of carbonyl (C=O) groups is 14. The molecule has 8 amide bonds. The number of aliphatic hydroxyl groups excluding tert-OH is 1. The first kappa shape index (κ1) is 80.8. The lowest BCUT2D eigenvalue weighted by Gasteiger charge is -2.30. The van der Waals surface area contributed by atoms with Gasteiger partial charge < -0.3 is 68.4 Å². The average molecular weight is 1390 g/mol. The lowest BCUT2D eigenvalue weighted by atomic mass is 9.86. The molecule has 2 aromatic carbocycles. The Kier molecular flexibility index (Phi) is 33.2. The third kappa shape index (κ3) is 27.5. The molecule has 0 aliphatic carbocycles. The van der Waals surface area contributed by atoms with E-state index in [9.17, 15) is 87.5 Å². The third-order valence-electron chi connectivity index (χ3n) is 16.7. The number of benzene rings is 2. The minimum absolute atomic E-state index is 0.000480. The van der Waals surface area contributed by atoms with Gasteiger partial charge in [-0.05, 0) is 86.3 Å². The van der Waals surface area contributed by atoms with E-state index in [2.05, 4.69) is 54.2 Å². The molecule has 98 heavy (non-hydrogen) atoms. The van der Waals surface area contributed by atoms with E-state index in [0.29, 0.717) is 23.2 Å². The molecule has 1 fully saturated rings. The minimum atomic E-state index is -1.79. The van der Waals surface area contributed by atoms with Crippen LogP contribution in [0.25, 0.3) is 0 Å². The Morgan fingerprint density at radius 1 is 0.622 bits per heavy atom. The Labute approximate surface area is 572 Å². The SMILES string of the molecule is CC(C)C[C@H](C)C(=O)C[C@@H](Cc1ccc(O)cc1)C(=O)N[C@@H](CCC[NH+]=C(N)N)C(=O)C[C@@H](C)C(=O)N[C@@H](CC(N)=O)C(=O)CCC(=O)N[C@@H](CC(=O)O)C(=O)C[C@@H](Cc1cnc[nH]1)C(=O)N1CCC[C@H]1C(=O)N[C@@H](CS)C(=O)C[C@@H](Cc1ccc(O)cc1)C(=O)N[C@@H](CO)C(N)=O. The molecule has 2 heterocycles. The van der Waals surface area contributed by atoms with Gasteiger partial charge in [-0.3, -0.25) is 83.6 Å². The zero-order chi connectivity index (χ0) is 72.9. The van der Waals surface area contributed by atoms with Crippen LogP contribution in [0.4, 0.5) is 0 Å². The molecule has 31 nitrogen and oxygen atoms in total. The number of H-pyrrole nitrogens is 1. The number of thiol groups is 1. The number of phenols is 2. The number of hydrogen-bond acceptors (Lipinski definition) is 19. The molecular weight excluding hydrogens is 1290 g/mol. The first-order valence-electron chi connectivity index (χ1n) is 32.4. The highest BCUT2D eigenvalue weighted by Gasteiger charge is 2.41. The number of phenolic OH excluding ortho intramolecular Hbond substituents is 2. The van der Waals surface area contributed by atoms with Gasteiger partial charge in [0.05, 0.1) is 62.4 Å². The second-order valence-electron chi connectivity index (χ2n) is 25.3. The van der Waals surface area contributed by atoms with Crippen LogP contribution >= 0.6 is 12.6 Å². The number of carbonyl (C=O) groups excluding carboxylic acids is 13. The summed E-state index contributed by atoms with van der Waals surface area (Å²) < 4.78 is 0. The van der Waals surface area contributed by atoms with Gasteiger partial charge >= 0.3 is 11.9 Å². The standard InChI is InChI=1S/C66H93N13O18S/c1-35(2)21-36(3)53(84)26-40(23-38-9-13-44(81)14-10-38)62(94)75-46(7-5-19-72-66(69)70)54(85)22-37(4)61(93)76-47(29-57(67)88)52(83)17-18-58(89)74-48(30-59(90)91)55(86)28-42(25-43-31-71-34-73-43)65(97)79-20-6-8-51(79)64(96)78-50(33-98)56(87)27-41(24-39-11-15-45(82)16-12-39)63(95)77-49(32-80)60(68)92/h9-16,31,34-37,40-42,46-51,80-82,98H,5-8,17-30,32-33H2,1-4H3,(H2,67,88)(H2,68,92)(H,71,73)(H,74,89)(H,75,94)(H,76,93)(H,77,95)(H,78,96)(H,90,91)(H4,69,70,72)/p+1/t36-,37+,40+,41+,42+,46-,47-,48-,49-,50-,51-/m0/s1. The number of amides is 8. The molecule has 1 saturated heterocycles. The highest BCUT2D eigenvalue weighted by molar-refractivity contribution is 7.80. The molecule has 0 spiro atoms. The largest absolute Gasteiger partial charge is 0.508 e. The topological polar surface area (TPSA) is 530 Å². The molecular formula is C66H94N13O18S+. The van der Waals surface area contributed by atoms with Crippen molar-refractivity contribution in [1.29, 1.82) is 0 Å². The molecule has 1 aliphatic heterocycles. The Bertz CT molecular complexity index is 3310. The van der Waals surface area contributed by atoms with E-state index in [1.165, 1.54) is 60.7 Å². The van der Waals surface area contributed by atoms with Crippen LogP contribution in [0.3, 0.4) is 0 Å². The number of aliphatic hydroxyl groups is 1. The zero-order valence-electron chi connectivity index (χ0n) is 55.5. The van der Waals surface area contributed by atoms with Gasteiger partial charge in [0.15, 0.2) is 23.1 Å². The van der Waals surface area contributed by atoms with Crippen LogP contribution in [-0.2, 0) is 86.4 Å². The normalized spacial score (nSPS) is 15.8. The first-order valence-corrected chi connectivity index (χ1v) is 33.0. The van der Waals surface area contributed by atoms with Crippen LogP contribution in [0.15, 0.2) is 61.1 Å². The Hall–Kier alpha value is -9.59. The number of carboxylic acids is 1. The maximum atomic E-state index is 14.6. The number of guanidine groups is 1. The van der Waals surface area contributed by atoms with Crippen molar-refractivity contribution in [2.45, 2.75) is 167 Å².